The molecular formula is C20H28N4O. The molecule has 0 unspecified atom stereocenters. The molecule has 5 heteroatoms. The molecule has 0 aromatic heterocycles. The van der Waals surface area contributed by atoms with Gasteiger partial charge in [-0.1, -0.05) is 18.6 Å². The van der Waals surface area contributed by atoms with Crippen molar-refractivity contribution in [2.24, 2.45) is 0 Å². The molecule has 0 radical (unpaired) electrons. The Morgan fingerprint density at radius 2 is 1.84 bits per heavy atom. The quantitative estimate of drug-likeness (QED) is 0.916. The normalized spacial score (nSPS) is 21.4. The number of para-hydroxylation sites is 1. The summed E-state index contributed by atoms with van der Waals surface area (Å²) in [5.74, 6) is -0.0286. The number of piperidine rings is 2. The zero-order chi connectivity index (χ0) is 17.6. The van der Waals surface area contributed by atoms with Gasteiger partial charge in [0.1, 0.15) is 6.07 Å². The summed E-state index contributed by atoms with van der Waals surface area (Å²) >= 11 is 0. The van der Waals surface area contributed by atoms with Crippen molar-refractivity contribution in [1.82, 2.24) is 9.80 Å². The Labute approximate surface area is 150 Å². The van der Waals surface area contributed by atoms with Gasteiger partial charge < -0.3 is 10.2 Å². The van der Waals surface area contributed by atoms with E-state index in [1.165, 1.54) is 32.4 Å². The van der Waals surface area contributed by atoms with Crippen molar-refractivity contribution in [3.63, 3.8) is 0 Å². The van der Waals surface area contributed by atoms with E-state index >= 15 is 0 Å². The fourth-order valence-electron chi connectivity index (χ4n) is 4.01. The molecule has 0 spiro atoms. The second-order valence-electron chi connectivity index (χ2n) is 7.19. The Morgan fingerprint density at radius 1 is 1.16 bits per heavy atom. The molecular weight excluding hydrogens is 312 g/mol. The fourth-order valence-corrected chi connectivity index (χ4v) is 4.01. The number of nitrogens with zero attached hydrogens (tertiary/aromatic N) is 3. The van der Waals surface area contributed by atoms with Crippen molar-refractivity contribution < 1.29 is 4.79 Å². The standard InChI is InChI=1S/C20H28N4O/c1-16(20(25)22-19-8-4-3-7-17(19)15-21)23-13-9-18(10-14-23)24-11-5-2-6-12-24/h3-4,7-8,16,18H,2,5-6,9-14H2,1H3,(H,22,25)/t16-/m1/s1. The van der Waals surface area contributed by atoms with E-state index in [9.17, 15) is 4.79 Å². The number of hydrogen-bond donors (Lipinski definition) is 1. The van der Waals surface area contributed by atoms with Crippen LogP contribution in [0.2, 0.25) is 0 Å². The van der Waals surface area contributed by atoms with E-state index in [0.717, 1.165) is 25.9 Å². The number of benzene rings is 1. The summed E-state index contributed by atoms with van der Waals surface area (Å²) in [6.45, 7) is 6.38. The number of nitrogens with one attached hydrogen (secondary N) is 1. The number of carbonyl (C=O) groups is 1. The summed E-state index contributed by atoms with van der Waals surface area (Å²) in [6.07, 6.45) is 6.32. The minimum absolute atomic E-state index is 0.0286. The number of nitriles is 1. The molecule has 1 aromatic rings. The van der Waals surface area contributed by atoms with Crippen LogP contribution in [0.5, 0.6) is 0 Å². The molecule has 1 aromatic carbocycles. The number of rotatable bonds is 4. The molecule has 25 heavy (non-hydrogen) atoms. The van der Waals surface area contributed by atoms with Gasteiger partial charge in [-0.15, -0.1) is 0 Å². The summed E-state index contributed by atoms with van der Waals surface area (Å²) < 4.78 is 0. The van der Waals surface area contributed by atoms with Gasteiger partial charge in [-0.05, 0) is 57.8 Å². The van der Waals surface area contributed by atoms with Gasteiger partial charge in [0.15, 0.2) is 0 Å². The number of likely N-dealkylation sites (tertiary alicyclic amines) is 2. The van der Waals surface area contributed by atoms with Gasteiger partial charge in [0, 0.05) is 19.1 Å². The zero-order valence-electron chi connectivity index (χ0n) is 15.1. The van der Waals surface area contributed by atoms with Crippen molar-refractivity contribution in [2.75, 3.05) is 31.5 Å². The zero-order valence-corrected chi connectivity index (χ0v) is 15.1. The van der Waals surface area contributed by atoms with Crippen LogP contribution in [0.25, 0.3) is 0 Å². The Kier molecular flexibility index (Phi) is 6.06. The average molecular weight is 340 g/mol. The molecule has 0 aliphatic carbocycles. The minimum Gasteiger partial charge on any atom is -0.324 e. The maximum absolute atomic E-state index is 12.6. The Morgan fingerprint density at radius 3 is 2.52 bits per heavy atom. The highest BCUT2D eigenvalue weighted by molar-refractivity contribution is 5.95. The van der Waals surface area contributed by atoms with Gasteiger partial charge in [0.25, 0.3) is 0 Å². The highest BCUT2D eigenvalue weighted by atomic mass is 16.2. The van der Waals surface area contributed by atoms with Crippen LogP contribution in [-0.2, 0) is 4.79 Å². The summed E-state index contributed by atoms with van der Waals surface area (Å²) in [5.41, 5.74) is 1.11. The lowest BCUT2D eigenvalue weighted by atomic mass is 9.99. The lowest BCUT2D eigenvalue weighted by molar-refractivity contribution is -0.121. The molecule has 0 saturated carbocycles. The third kappa shape index (κ3) is 4.39. The summed E-state index contributed by atoms with van der Waals surface area (Å²) in [6, 6.07) is 9.80. The van der Waals surface area contributed by atoms with Gasteiger partial charge in [-0.3, -0.25) is 9.69 Å². The van der Waals surface area contributed by atoms with Gasteiger partial charge in [-0.25, -0.2) is 0 Å². The fraction of sp³-hybridized carbons (Fsp3) is 0.600. The summed E-state index contributed by atoms with van der Waals surface area (Å²) in [7, 11) is 0. The molecule has 1 N–H and O–H groups in total. The lowest BCUT2D eigenvalue weighted by Crippen LogP contribution is -2.51. The number of amides is 1. The Hall–Kier alpha value is -1.90. The van der Waals surface area contributed by atoms with E-state index in [1.54, 1.807) is 12.1 Å². The Bertz CT molecular complexity index is 625. The van der Waals surface area contributed by atoms with Gasteiger partial charge in [-0.2, -0.15) is 5.26 Å². The van der Waals surface area contributed by atoms with E-state index in [4.69, 9.17) is 5.26 Å². The van der Waals surface area contributed by atoms with Gasteiger partial charge >= 0.3 is 0 Å². The molecule has 0 bridgehead atoms. The third-order valence-electron chi connectivity index (χ3n) is 5.64. The molecule has 134 valence electrons. The predicted octanol–water partition coefficient (Wildman–Crippen LogP) is 2.84. The topological polar surface area (TPSA) is 59.4 Å². The molecule has 2 fully saturated rings. The van der Waals surface area contributed by atoms with E-state index in [-0.39, 0.29) is 11.9 Å². The largest absolute Gasteiger partial charge is 0.324 e. The third-order valence-corrected chi connectivity index (χ3v) is 5.64. The molecule has 2 aliphatic heterocycles. The van der Waals surface area contributed by atoms with E-state index < -0.39 is 0 Å². The highest BCUT2D eigenvalue weighted by Crippen LogP contribution is 2.22. The first-order chi connectivity index (χ1) is 12.2. The van der Waals surface area contributed by atoms with Crippen molar-refractivity contribution >= 4 is 11.6 Å². The van der Waals surface area contributed by atoms with Crippen LogP contribution in [0.3, 0.4) is 0 Å². The smallest absolute Gasteiger partial charge is 0.241 e. The van der Waals surface area contributed by atoms with E-state index in [2.05, 4.69) is 21.2 Å². The van der Waals surface area contributed by atoms with E-state index in [1.807, 2.05) is 19.1 Å². The molecule has 3 rings (SSSR count). The molecule has 1 atom stereocenters. The number of hydrogen-bond acceptors (Lipinski definition) is 4. The first kappa shape index (κ1) is 17.9. The maximum Gasteiger partial charge on any atom is 0.241 e. The van der Waals surface area contributed by atoms with Crippen LogP contribution in [-0.4, -0.2) is 54.0 Å². The minimum atomic E-state index is -0.172. The lowest BCUT2D eigenvalue weighted by Gasteiger charge is -2.41. The van der Waals surface area contributed by atoms with Crippen LogP contribution in [0, 0.1) is 11.3 Å². The van der Waals surface area contributed by atoms with Crippen LogP contribution in [0.1, 0.15) is 44.6 Å². The van der Waals surface area contributed by atoms with Crippen LogP contribution < -0.4 is 5.32 Å². The van der Waals surface area contributed by atoms with Gasteiger partial charge in [0.05, 0.1) is 17.3 Å². The van der Waals surface area contributed by atoms with Crippen LogP contribution >= 0.6 is 0 Å². The molecule has 2 heterocycles. The molecule has 2 saturated heterocycles. The predicted molar refractivity (Wildman–Crippen MR) is 99.3 cm³/mol. The monoisotopic (exact) mass is 340 g/mol. The van der Waals surface area contributed by atoms with E-state index in [0.29, 0.717) is 17.3 Å². The molecule has 5 nitrogen and oxygen atoms in total. The molecule has 2 aliphatic rings. The summed E-state index contributed by atoms with van der Waals surface area (Å²) in [5, 5.41) is 12.1. The first-order valence-corrected chi connectivity index (χ1v) is 9.47. The second-order valence-corrected chi connectivity index (χ2v) is 7.19. The van der Waals surface area contributed by atoms with Crippen LogP contribution in [0.15, 0.2) is 24.3 Å². The summed E-state index contributed by atoms with van der Waals surface area (Å²) in [4.78, 5) is 17.5. The van der Waals surface area contributed by atoms with Gasteiger partial charge in [0.2, 0.25) is 5.91 Å². The maximum atomic E-state index is 12.6. The van der Waals surface area contributed by atoms with Crippen molar-refractivity contribution in [3.05, 3.63) is 29.8 Å². The average Bonchev–Trinajstić information content (AvgIpc) is 2.68. The van der Waals surface area contributed by atoms with Crippen molar-refractivity contribution in [2.45, 2.75) is 51.1 Å². The molecule has 1 amide bonds. The van der Waals surface area contributed by atoms with Crippen molar-refractivity contribution in [3.8, 4) is 6.07 Å². The van der Waals surface area contributed by atoms with Crippen molar-refractivity contribution in [1.29, 1.82) is 5.26 Å². The highest BCUT2D eigenvalue weighted by Gasteiger charge is 2.29. The first-order valence-electron chi connectivity index (χ1n) is 9.47. The number of carbonyl (C=O) groups excluding carboxylic acids is 1. The SMILES string of the molecule is C[C@H](C(=O)Nc1ccccc1C#N)N1CCC(N2CCCCC2)CC1. The number of anilines is 1. The van der Waals surface area contributed by atoms with Crippen LogP contribution in [0.4, 0.5) is 5.69 Å². The second kappa shape index (κ2) is 8.46. The Balaban J connectivity index is 1.52.